The number of rotatable bonds is 10. The molecule has 3 aromatic rings. The van der Waals surface area contributed by atoms with Crippen molar-refractivity contribution < 1.29 is 24.3 Å². The van der Waals surface area contributed by atoms with Gasteiger partial charge in [-0.3, -0.25) is 14.4 Å². The summed E-state index contributed by atoms with van der Waals surface area (Å²) in [6, 6.07) is 19.0. The first-order valence-electron chi connectivity index (χ1n) is 12.1. The lowest BCUT2D eigenvalue weighted by Gasteiger charge is -2.33. The Kier molecular flexibility index (Phi) is 9.06. The molecule has 1 heterocycles. The van der Waals surface area contributed by atoms with Gasteiger partial charge in [0, 0.05) is 40.9 Å². The fourth-order valence-corrected chi connectivity index (χ4v) is 5.13. The standard InChI is InChI=1S/C28H26Cl2N4O5/c29-20-9-19(10-21(30)11-20)25(14-27(37)38)34(17-35)24-13-26(36)33(16-24)23-8-4-7-22(12-23)32-28(39)31-15-18-5-2-1-3-6-18/h1-12,17,24-25H,13-16H2,(H,37,38)(H2,31,32,39). The maximum absolute atomic E-state index is 13.0. The number of carboxylic acid groups (broad SMARTS) is 1. The Morgan fingerprint density at radius 1 is 1.05 bits per heavy atom. The van der Waals surface area contributed by atoms with Crippen molar-refractivity contribution >= 4 is 58.9 Å². The zero-order valence-electron chi connectivity index (χ0n) is 20.7. The molecule has 9 nitrogen and oxygen atoms in total. The highest BCUT2D eigenvalue weighted by atomic mass is 35.5. The van der Waals surface area contributed by atoms with Crippen molar-refractivity contribution in [2.45, 2.75) is 31.5 Å². The van der Waals surface area contributed by atoms with Crippen molar-refractivity contribution in [3.8, 4) is 0 Å². The molecule has 1 saturated heterocycles. The first-order valence-corrected chi connectivity index (χ1v) is 12.9. The topological polar surface area (TPSA) is 119 Å². The lowest BCUT2D eigenvalue weighted by Crippen LogP contribution is -2.40. The van der Waals surface area contributed by atoms with Crippen LogP contribution in [0.15, 0.2) is 72.8 Å². The van der Waals surface area contributed by atoms with Gasteiger partial charge >= 0.3 is 12.0 Å². The van der Waals surface area contributed by atoms with Crippen molar-refractivity contribution in [1.29, 1.82) is 0 Å². The fourth-order valence-electron chi connectivity index (χ4n) is 4.59. The van der Waals surface area contributed by atoms with E-state index in [2.05, 4.69) is 10.6 Å². The van der Waals surface area contributed by atoms with Gasteiger partial charge in [0.1, 0.15) is 0 Å². The average Bonchev–Trinajstić information content (AvgIpc) is 3.28. The zero-order valence-corrected chi connectivity index (χ0v) is 22.2. The van der Waals surface area contributed by atoms with Crippen molar-refractivity contribution in [1.82, 2.24) is 10.2 Å². The minimum atomic E-state index is -1.12. The first-order chi connectivity index (χ1) is 18.7. The van der Waals surface area contributed by atoms with E-state index in [9.17, 15) is 24.3 Å². The maximum atomic E-state index is 13.0. The van der Waals surface area contributed by atoms with Gasteiger partial charge in [0.25, 0.3) is 0 Å². The summed E-state index contributed by atoms with van der Waals surface area (Å²) in [6.45, 7) is 0.501. The zero-order chi connectivity index (χ0) is 27.9. The molecule has 1 aliphatic rings. The molecular formula is C28H26Cl2N4O5. The van der Waals surface area contributed by atoms with Crippen LogP contribution < -0.4 is 15.5 Å². The Morgan fingerprint density at radius 2 is 1.77 bits per heavy atom. The number of nitrogens with zero attached hydrogens (tertiary/aromatic N) is 2. The predicted octanol–water partition coefficient (Wildman–Crippen LogP) is 5.09. The quantitative estimate of drug-likeness (QED) is 0.294. The van der Waals surface area contributed by atoms with E-state index in [1.54, 1.807) is 36.4 Å². The summed E-state index contributed by atoms with van der Waals surface area (Å²) in [5.41, 5.74) is 2.44. The Bertz CT molecular complexity index is 1350. The summed E-state index contributed by atoms with van der Waals surface area (Å²) in [6.07, 6.45) is 0.162. The van der Waals surface area contributed by atoms with Crippen LogP contribution in [0.5, 0.6) is 0 Å². The van der Waals surface area contributed by atoms with Crippen LogP contribution in [0.2, 0.25) is 10.0 Å². The molecule has 11 heteroatoms. The number of aliphatic carboxylic acids is 1. The molecule has 2 atom stereocenters. The number of carbonyl (C=O) groups is 4. The third kappa shape index (κ3) is 7.28. The maximum Gasteiger partial charge on any atom is 0.319 e. The monoisotopic (exact) mass is 568 g/mol. The third-order valence-corrected chi connectivity index (χ3v) is 6.79. The van der Waals surface area contributed by atoms with Crippen molar-refractivity contribution in [3.05, 3.63) is 94.0 Å². The lowest BCUT2D eigenvalue weighted by atomic mass is 10.00. The molecule has 39 heavy (non-hydrogen) atoms. The summed E-state index contributed by atoms with van der Waals surface area (Å²) >= 11 is 12.3. The summed E-state index contributed by atoms with van der Waals surface area (Å²) in [7, 11) is 0. The minimum Gasteiger partial charge on any atom is -0.481 e. The lowest BCUT2D eigenvalue weighted by molar-refractivity contribution is -0.139. The molecule has 1 aliphatic heterocycles. The van der Waals surface area contributed by atoms with E-state index in [4.69, 9.17) is 23.2 Å². The van der Waals surface area contributed by atoms with Crippen molar-refractivity contribution in [2.24, 2.45) is 0 Å². The molecule has 1 fully saturated rings. The van der Waals surface area contributed by atoms with E-state index >= 15 is 0 Å². The largest absolute Gasteiger partial charge is 0.481 e. The number of carboxylic acids is 1. The summed E-state index contributed by atoms with van der Waals surface area (Å²) in [4.78, 5) is 52.2. The second-order valence-electron chi connectivity index (χ2n) is 9.07. The number of nitrogens with one attached hydrogen (secondary N) is 2. The second kappa shape index (κ2) is 12.6. The Labute approximate surface area is 235 Å². The van der Waals surface area contributed by atoms with Gasteiger partial charge in [0.2, 0.25) is 12.3 Å². The van der Waals surface area contributed by atoms with E-state index in [-0.39, 0.29) is 18.9 Å². The Hall–Kier alpha value is -4.08. The van der Waals surface area contributed by atoms with Crippen LogP contribution in [0.4, 0.5) is 16.2 Å². The SMILES string of the molecule is O=CN(C1CC(=O)N(c2cccc(NC(=O)NCc3ccccc3)c2)C1)C(CC(=O)O)c1cc(Cl)cc(Cl)c1. The number of amides is 4. The van der Waals surface area contributed by atoms with Crippen LogP contribution in [-0.2, 0) is 20.9 Å². The van der Waals surface area contributed by atoms with Crippen LogP contribution in [0.25, 0.3) is 0 Å². The highest BCUT2D eigenvalue weighted by Crippen LogP contribution is 2.34. The van der Waals surface area contributed by atoms with Gasteiger partial charge in [-0.25, -0.2) is 4.79 Å². The number of hydrogen-bond donors (Lipinski definition) is 3. The van der Waals surface area contributed by atoms with Gasteiger partial charge in [-0.1, -0.05) is 59.6 Å². The average molecular weight is 569 g/mol. The molecular weight excluding hydrogens is 543 g/mol. The third-order valence-electron chi connectivity index (χ3n) is 6.36. The minimum absolute atomic E-state index is 0.00161. The van der Waals surface area contributed by atoms with Crippen LogP contribution in [0.3, 0.4) is 0 Å². The van der Waals surface area contributed by atoms with Gasteiger partial charge in [-0.2, -0.15) is 0 Å². The molecule has 3 aromatic carbocycles. The van der Waals surface area contributed by atoms with Gasteiger partial charge in [-0.05, 0) is 47.5 Å². The van der Waals surface area contributed by atoms with Crippen LogP contribution in [-0.4, -0.2) is 46.9 Å². The molecule has 4 amide bonds. The number of benzene rings is 3. The van der Waals surface area contributed by atoms with Gasteiger partial charge in [0.15, 0.2) is 0 Å². The number of carbonyl (C=O) groups excluding carboxylic acids is 3. The van der Waals surface area contributed by atoms with Crippen LogP contribution >= 0.6 is 23.2 Å². The summed E-state index contributed by atoms with van der Waals surface area (Å²) in [5, 5.41) is 15.7. The molecule has 202 valence electrons. The Morgan fingerprint density at radius 3 is 2.44 bits per heavy atom. The molecule has 0 aliphatic carbocycles. The van der Waals surface area contributed by atoms with Crippen LogP contribution in [0, 0.1) is 0 Å². The number of urea groups is 1. The summed E-state index contributed by atoms with van der Waals surface area (Å²) in [5.74, 6) is -1.36. The number of hydrogen-bond acceptors (Lipinski definition) is 4. The van der Waals surface area contributed by atoms with E-state index in [0.29, 0.717) is 39.9 Å². The van der Waals surface area contributed by atoms with E-state index < -0.39 is 30.5 Å². The van der Waals surface area contributed by atoms with Gasteiger partial charge in [0.05, 0.1) is 18.5 Å². The summed E-state index contributed by atoms with van der Waals surface area (Å²) < 4.78 is 0. The molecule has 4 rings (SSSR count). The normalized spacial score (nSPS) is 15.5. The number of halogens is 2. The molecule has 0 spiro atoms. The second-order valence-corrected chi connectivity index (χ2v) is 9.95. The molecule has 2 unspecified atom stereocenters. The van der Waals surface area contributed by atoms with E-state index in [1.807, 2.05) is 30.3 Å². The van der Waals surface area contributed by atoms with Gasteiger partial charge < -0.3 is 25.5 Å². The predicted molar refractivity (Wildman–Crippen MR) is 149 cm³/mol. The molecule has 0 radical (unpaired) electrons. The van der Waals surface area contributed by atoms with Crippen molar-refractivity contribution in [2.75, 3.05) is 16.8 Å². The fraction of sp³-hybridized carbons (Fsp3) is 0.214. The van der Waals surface area contributed by atoms with E-state index in [0.717, 1.165) is 5.56 Å². The highest BCUT2D eigenvalue weighted by Gasteiger charge is 2.38. The first kappa shape index (κ1) is 27.9. The van der Waals surface area contributed by atoms with Gasteiger partial charge in [-0.15, -0.1) is 0 Å². The Balaban J connectivity index is 1.48. The van der Waals surface area contributed by atoms with Crippen LogP contribution in [0.1, 0.15) is 30.0 Å². The molecule has 0 saturated carbocycles. The molecule has 3 N–H and O–H groups in total. The van der Waals surface area contributed by atoms with Crippen molar-refractivity contribution in [3.63, 3.8) is 0 Å². The smallest absolute Gasteiger partial charge is 0.319 e. The number of anilines is 2. The molecule has 0 bridgehead atoms. The molecule has 0 aromatic heterocycles. The highest BCUT2D eigenvalue weighted by molar-refractivity contribution is 6.34. The van der Waals surface area contributed by atoms with E-state index in [1.165, 1.54) is 15.9 Å².